The number of para-hydroxylation sites is 1. The first-order valence-corrected chi connectivity index (χ1v) is 6.55. The van der Waals surface area contributed by atoms with Crippen LogP contribution in [0.4, 0.5) is 5.69 Å². The van der Waals surface area contributed by atoms with E-state index in [2.05, 4.69) is 10.5 Å². The van der Waals surface area contributed by atoms with E-state index in [1.807, 2.05) is 31.2 Å². The minimum atomic E-state index is -0.948. The molecule has 0 atom stereocenters. The maximum Gasteiger partial charge on any atom is 0.335 e. The molecule has 108 valence electrons. The predicted molar refractivity (Wildman–Crippen MR) is 82.2 cm³/mol. The van der Waals surface area contributed by atoms with Crippen LogP contribution in [0.25, 0.3) is 0 Å². The zero-order valence-corrected chi connectivity index (χ0v) is 11.6. The highest BCUT2D eigenvalue weighted by Gasteiger charge is 2.01. The summed E-state index contributed by atoms with van der Waals surface area (Å²) >= 11 is 0. The fraction of sp³-hybridized carbons (Fsp3) is 0.125. The van der Waals surface area contributed by atoms with Crippen molar-refractivity contribution < 1.29 is 14.6 Å². The Morgan fingerprint density at radius 2 is 1.95 bits per heavy atom. The molecule has 0 spiro atoms. The number of nitrogens with one attached hydrogen (secondary N) is 1. The van der Waals surface area contributed by atoms with E-state index in [4.69, 9.17) is 9.84 Å². The van der Waals surface area contributed by atoms with Gasteiger partial charge in [-0.25, -0.2) is 4.79 Å². The Hall–Kier alpha value is -2.82. The molecule has 5 heteroatoms. The number of ether oxygens (including phenoxy) is 1. The summed E-state index contributed by atoms with van der Waals surface area (Å²) in [5.74, 6) is -0.178. The number of anilines is 1. The molecule has 0 amide bonds. The monoisotopic (exact) mass is 284 g/mol. The highest BCUT2D eigenvalue weighted by molar-refractivity contribution is 5.88. The zero-order chi connectivity index (χ0) is 15.1. The van der Waals surface area contributed by atoms with Crippen molar-refractivity contribution in [2.45, 2.75) is 6.92 Å². The zero-order valence-electron chi connectivity index (χ0n) is 11.6. The van der Waals surface area contributed by atoms with E-state index in [0.717, 1.165) is 11.3 Å². The molecule has 0 aliphatic rings. The first-order valence-electron chi connectivity index (χ1n) is 6.55. The Balaban J connectivity index is 2.03. The molecule has 0 saturated heterocycles. The predicted octanol–water partition coefficient (Wildman–Crippen LogP) is 3.23. The number of carbonyl (C=O) groups is 1. The summed E-state index contributed by atoms with van der Waals surface area (Å²) in [5, 5.41) is 12.9. The number of rotatable bonds is 6. The Bertz CT molecular complexity index is 636. The highest BCUT2D eigenvalue weighted by atomic mass is 16.5. The van der Waals surface area contributed by atoms with Crippen LogP contribution in [0.3, 0.4) is 0 Å². The van der Waals surface area contributed by atoms with Crippen LogP contribution >= 0.6 is 0 Å². The van der Waals surface area contributed by atoms with Gasteiger partial charge in [0.2, 0.25) is 0 Å². The third-order valence-corrected chi connectivity index (χ3v) is 2.75. The molecular formula is C16H16N2O3. The molecule has 0 aliphatic heterocycles. The van der Waals surface area contributed by atoms with Crippen LogP contribution < -0.4 is 10.2 Å². The van der Waals surface area contributed by atoms with Crippen molar-refractivity contribution in [3.63, 3.8) is 0 Å². The molecule has 0 fully saturated rings. The van der Waals surface area contributed by atoms with Gasteiger partial charge in [0.15, 0.2) is 0 Å². The van der Waals surface area contributed by atoms with Gasteiger partial charge in [0, 0.05) is 5.56 Å². The van der Waals surface area contributed by atoms with Gasteiger partial charge in [-0.3, -0.25) is 5.43 Å². The van der Waals surface area contributed by atoms with Crippen LogP contribution in [0.2, 0.25) is 0 Å². The molecule has 21 heavy (non-hydrogen) atoms. The number of nitrogens with zero attached hydrogens (tertiary/aromatic N) is 1. The first kappa shape index (κ1) is 14.6. The third-order valence-electron chi connectivity index (χ3n) is 2.75. The van der Waals surface area contributed by atoms with Gasteiger partial charge >= 0.3 is 5.97 Å². The molecule has 0 bridgehead atoms. The first-order chi connectivity index (χ1) is 10.2. The van der Waals surface area contributed by atoms with Crippen LogP contribution in [0, 0.1) is 0 Å². The van der Waals surface area contributed by atoms with Crippen LogP contribution in [-0.2, 0) is 0 Å². The number of hydrogen-bond acceptors (Lipinski definition) is 4. The number of benzene rings is 2. The summed E-state index contributed by atoms with van der Waals surface area (Å²) in [5.41, 5.74) is 4.67. The minimum absolute atomic E-state index is 0.242. The van der Waals surface area contributed by atoms with E-state index in [1.165, 1.54) is 12.1 Å². The Morgan fingerprint density at radius 1 is 1.24 bits per heavy atom. The minimum Gasteiger partial charge on any atom is -0.493 e. The second-order valence-corrected chi connectivity index (χ2v) is 4.22. The maximum atomic E-state index is 10.7. The van der Waals surface area contributed by atoms with E-state index < -0.39 is 5.97 Å². The molecule has 2 aromatic rings. The highest BCUT2D eigenvalue weighted by Crippen LogP contribution is 2.16. The van der Waals surface area contributed by atoms with Crippen LogP contribution in [0.5, 0.6) is 5.75 Å². The lowest BCUT2D eigenvalue weighted by atomic mass is 10.2. The van der Waals surface area contributed by atoms with Gasteiger partial charge in [0.05, 0.1) is 24.1 Å². The van der Waals surface area contributed by atoms with E-state index in [9.17, 15) is 4.79 Å². The second-order valence-electron chi connectivity index (χ2n) is 4.22. The Morgan fingerprint density at radius 3 is 2.62 bits per heavy atom. The van der Waals surface area contributed by atoms with Gasteiger partial charge in [-0.2, -0.15) is 5.10 Å². The summed E-state index contributed by atoms with van der Waals surface area (Å²) in [6.07, 6.45) is 1.66. The van der Waals surface area contributed by atoms with Crippen molar-refractivity contribution in [2.24, 2.45) is 5.10 Å². The quantitative estimate of drug-likeness (QED) is 0.631. The Kier molecular flexibility index (Phi) is 4.93. The summed E-state index contributed by atoms with van der Waals surface area (Å²) in [4.78, 5) is 10.7. The average Bonchev–Trinajstić information content (AvgIpc) is 2.50. The molecule has 0 aromatic heterocycles. The topological polar surface area (TPSA) is 70.9 Å². The lowest BCUT2D eigenvalue weighted by Gasteiger charge is -2.06. The van der Waals surface area contributed by atoms with Gasteiger partial charge < -0.3 is 9.84 Å². The van der Waals surface area contributed by atoms with Gasteiger partial charge in [-0.05, 0) is 43.3 Å². The summed E-state index contributed by atoms with van der Waals surface area (Å²) in [6.45, 7) is 2.52. The molecule has 2 rings (SSSR count). The molecule has 0 heterocycles. The lowest BCUT2D eigenvalue weighted by molar-refractivity contribution is 0.0697. The number of aromatic carboxylic acids is 1. The fourth-order valence-electron chi connectivity index (χ4n) is 1.74. The van der Waals surface area contributed by atoms with Crippen molar-refractivity contribution in [1.82, 2.24) is 0 Å². The Labute approximate surface area is 122 Å². The summed E-state index contributed by atoms with van der Waals surface area (Å²) in [7, 11) is 0. The average molecular weight is 284 g/mol. The third kappa shape index (κ3) is 4.07. The molecule has 2 N–H and O–H groups in total. The van der Waals surface area contributed by atoms with Gasteiger partial charge in [0.1, 0.15) is 5.75 Å². The van der Waals surface area contributed by atoms with Crippen molar-refractivity contribution in [3.05, 3.63) is 59.7 Å². The van der Waals surface area contributed by atoms with Crippen molar-refractivity contribution in [3.8, 4) is 5.75 Å². The van der Waals surface area contributed by atoms with E-state index >= 15 is 0 Å². The molecule has 5 nitrogen and oxygen atoms in total. The number of hydrazone groups is 1. The van der Waals surface area contributed by atoms with Crippen molar-refractivity contribution in [1.29, 1.82) is 0 Å². The number of carboxylic acids is 1. The molecule has 0 aliphatic carbocycles. The number of carboxylic acid groups (broad SMARTS) is 1. The SMILES string of the molecule is CCOc1ccccc1C=NNc1ccc(C(=O)O)cc1. The van der Waals surface area contributed by atoms with Crippen LogP contribution in [0.15, 0.2) is 53.6 Å². The van der Waals surface area contributed by atoms with Gasteiger partial charge in [-0.15, -0.1) is 0 Å². The van der Waals surface area contributed by atoms with Crippen molar-refractivity contribution in [2.75, 3.05) is 12.0 Å². The normalized spacial score (nSPS) is 10.5. The molecule has 2 aromatic carbocycles. The van der Waals surface area contributed by atoms with Crippen LogP contribution in [0.1, 0.15) is 22.8 Å². The lowest BCUT2D eigenvalue weighted by Crippen LogP contribution is -1.98. The fourth-order valence-corrected chi connectivity index (χ4v) is 1.74. The second kappa shape index (κ2) is 7.09. The largest absolute Gasteiger partial charge is 0.493 e. The molecule has 0 radical (unpaired) electrons. The van der Waals surface area contributed by atoms with Gasteiger partial charge in [-0.1, -0.05) is 12.1 Å². The molecular weight excluding hydrogens is 268 g/mol. The smallest absolute Gasteiger partial charge is 0.335 e. The van der Waals surface area contributed by atoms with E-state index in [-0.39, 0.29) is 5.56 Å². The van der Waals surface area contributed by atoms with Crippen molar-refractivity contribution >= 4 is 17.9 Å². The molecule has 0 unspecified atom stereocenters. The number of hydrogen-bond donors (Lipinski definition) is 2. The summed E-state index contributed by atoms with van der Waals surface area (Å²) < 4.78 is 5.50. The van der Waals surface area contributed by atoms with E-state index in [1.54, 1.807) is 18.3 Å². The van der Waals surface area contributed by atoms with Crippen LogP contribution in [-0.4, -0.2) is 23.9 Å². The summed E-state index contributed by atoms with van der Waals surface area (Å²) in [6, 6.07) is 14.0. The standard InChI is InChI=1S/C16H16N2O3/c1-2-21-15-6-4-3-5-13(15)11-17-18-14-9-7-12(8-10-14)16(19)20/h3-11,18H,2H2,1H3,(H,19,20). The van der Waals surface area contributed by atoms with E-state index in [0.29, 0.717) is 12.3 Å². The van der Waals surface area contributed by atoms with Gasteiger partial charge in [0.25, 0.3) is 0 Å². The molecule has 0 saturated carbocycles. The maximum absolute atomic E-state index is 10.7.